The Balaban J connectivity index is 1.32. The first-order valence-electron chi connectivity index (χ1n) is 10.7. The van der Waals surface area contributed by atoms with Crippen LogP contribution in [0.4, 0.5) is 10.5 Å². The summed E-state index contributed by atoms with van der Waals surface area (Å²) in [6, 6.07) is 7.00. The topological polar surface area (TPSA) is 98.8 Å². The van der Waals surface area contributed by atoms with Gasteiger partial charge in [-0.05, 0) is 42.9 Å². The van der Waals surface area contributed by atoms with E-state index in [-0.39, 0.29) is 36.7 Å². The number of anilines is 1. The van der Waals surface area contributed by atoms with Gasteiger partial charge in [0.05, 0.1) is 0 Å². The van der Waals surface area contributed by atoms with Gasteiger partial charge >= 0.3 is 6.03 Å². The fraction of sp³-hybridized carbons (Fsp3) is 0.545. The van der Waals surface area contributed by atoms with E-state index in [0.717, 1.165) is 48.4 Å². The second-order valence-electron chi connectivity index (χ2n) is 8.53. The predicted octanol–water partition coefficient (Wildman–Crippen LogP) is 1.93. The summed E-state index contributed by atoms with van der Waals surface area (Å²) in [5.41, 5.74) is 0.894. The number of rotatable bonds is 5. The number of carbonyl (C=O) groups excluding carboxylic acids is 4. The minimum absolute atomic E-state index is 0.0664. The van der Waals surface area contributed by atoms with Crippen molar-refractivity contribution in [2.75, 3.05) is 18.0 Å². The van der Waals surface area contributed by atoms with Gasteiger partial charge in [-0.1, -0.05) is 31.9 Å². The summed E-state index contributed by atoms with van der Waals surface area (Å²) in [6.07, 6.45) is 4.93. The first kappa shape index (κ1) is 20.4. The third kappa shape index (κ3) is 3.66. The number of nitrogens with one attached hydrogen (secondary N) is 2. The standard InChI is InChI=1S/C22H28N4O4/c1-15-5-2-3-11-22(15)20(29)26(21(30)24-22)14-18(27)23-13-16-7-9-17(10-8-16)25-12-4-6-19(25)28/h7-10,15H,2-6,11-14H2,1H3,(H,23,27)(H,24,30)/t15-,22+/m1/s1. The summed E-state index contributed by atoms with van der Waals surface area (Å²) in [7, 11) is 0. The molecule has 2 aliphatic heterocycles. The number of urea groups is 1. The summed E-state index contributed by atoms with van der Waals surface area (Å²) in [5.74, 6) is -0.460. The van der Waals surface area contributed by atoms with Crippen LogP contribution in [0.25, 0.3) is 0 Å². The molecule has 0 aromatic heterocycles. The van der Waals surface area contributed by atoms with Gasteiger partial charge in [-0.15, -0.1) is 0 Å². The van der Waals surface area contributed by atoms with Crippen LogP contribution in [0.5, 0.6) is 0 Å². The summed E-state index contributed by atoms with van der Waals surface area (Å²) in [5, 5.41) is 5.63. The van der Waals surface area contributed by atoms with E-state index in [2.05, 4.69) is 10.6 Å². The smallest absolute Gasteiger partial charge is 0.325 e. The molecular formula is C22H28N4O4. The highest BCUT2D eigenvalue weighted by atomic mass is 16.2. The minimum atomic E-state index is -0.849. The number of amides is 5. The minimum Gasteiger partial charge on any atom is -0.350 e. The Bertz CT molecular complexity index is 868. The Morgan fingerprint density at radius 2 is 1.93 bits per heavy atom. The monoisotopic (exact) mass is 412 g/mol. The van der Waals surface area contributed by atoms with Crippen molar-refractivity contribution >= 4 is 29.4 Å². The SMILES string of the molecule is C[C@@H]1CCCC[C@]12NC(=O)N(CC(=O)NCc1ccc(N3CCCC3=O)cc1)C2=O. The molecule has 5 amide bonds. The van der Waals surface area contributed by atoms with Crippen molar-refractivity contribution < 1.29 is 19.2 Å². The Morgan fingerprint density at radius 3 is 2.60 bits per heavy atom. The molecule has 0 bridgehead atoms. The molecule has 1 spiro atoms. The molecule has 3 aliphatic rings. The van der Waals surface area contributed by atoms with Crippen molar-refractivity contribution in [3.8, 4) is 0 Å². The van der Waals surface area contributed by atoms with Crippen molar-refractivity contribution in [3.05, 3.63) is 29.8 Å². The largest absolute Gasteiger partial charge is 0.350 e. The average Bonchev–Trinajstić information content (AvgIpc) is 3.26. The van der Waals surface area contributed by atoms with Gasteiger partial charge in [-0.2, -0.15) is 0 Å². The van der Waals surface area contributed by atoms with Gasteiger partial charge in [-0.3, -0.25) is 19.3 Å². The molecule has 0 unspecified atom stereocenters. The molecule has 1 aliphatic carbocycles. The van der Waals surface area contributed by atoms with Gasteiger partial charge in [0.25, 0.3) is 5.91 Å². The fourth-order valence-electron chi connectivity index (χ4n) is 4.75. The summed E-state index contributed by atoms with van der Waals surface area (Å²) >= 11 is 0. The molecule has 2 saturated heterocycles. The van der Waals surface area contributed by atoms with Crippen molar-refractivity contribution in [2.24, 2.45) is 5.92 Å². The molecule has 8 nitrogen and oxygen atoms in total. The zero-order valence-corrected chi connectivity index (χ0v) is 17.3. The Kier molecular flexibility index (Phi) is 5.49. The van der Waals surface area contributed by atoms with Crippen LogP contribution in [-0.2, 0) is 20.9 Å². The van der Waals surface area contributed by atoms with Crippen LogP contribution in [0.2, 0.25) is 0 Å². The molecule has 1 saturated carbocycles. The molecule has 1 aromatic carbocycles. The van der Waals surface area contributed by atoms with Crippen molar-refractivity contribution in [2.45, 2.75) is 57.5 Å². The average molecular weight is 412 g/mol. The zero-order chi connectivity index (χ0) is 21.3. The molecule has 8 heteroatoms. The van der Waals surface area contributed by atoms with E-state index in [1.165, 1.54) is 0 Å². The molecule has 2 heterocycles. The fourth-order valence-corrected chi connectivity index (χ4v) is 4.75. The molecular weight excluding hydrogens is 384 g/mol. The van der Waals surface area contributed by atoms with Gasteiger partial charge < -0.3 is 15.5 Å². The van der Waals surface area contributed by atoms with E-state index in [9.17, 15) is 19.2 Å². The van der Waals surface area contributed by atoms with Crippen LogP contribution in [-0.4, -0.2) is 47.3 Å². The maximum atomic E-state index is 12.9. The Labute approximate surface area is 176 Å². The number of nitrogens with zero attached hydrogens (tertiary/aromatic N) is 2. The molecule has 1 aromatic rings. The predicted molar refractivity (Wildman–Crippen MR) is 110 cm³/mol. The van der Waals surface area contributed by atoms with E-state index in [4.69, 9.17) is 0 Å². The molecule has 4 rings (SSSR count). The first-order chi connectivity index (χ1) is 14.4. The van der Waals surface area contributed by atoms with Crippen molar-refractivity contribution in [1.82, 2.24) is 15.5 Å². The molecule has 3 fully saturated rings. The molecule has 30 heavy (non-hydrogen) atoms. The molecule has 0 radical (unpaired) electrons. The maximum Gasteiger partial charge on any atom is 0.325 e. The maximum absolute atomic E-state index is 12.9. The van der Waals surface area contributed by atoms with Crippen LogP contribution in [0, 0.1) is 5.92 Å². The normalized spacial score (nSPS) is 26.4. The zero-order valence-electron chi connectivity index (χ0n) is 17.3. The number of hydrogen-bond acceptors (Lipinski definition) is 4. The van der Waals surface area contributed by atoms with Gasteiger partial charge in [0.2, 0.25) is 11.8 Å². The lowest BCUT2D eigenvalue weighted by molar-refractivity contribution is -0.137. The quantitative estimate of drug-likeness (QED) is 0.722. The van der Waals surface area contributed by atoms with Crippen LogP contribution in [0.15, 0.2) is 24.3 Å². The van der Waals surface area contributed by atoms with Gasteiger partial charge in [0.1, 0.15) is 12.1 Å². The second-order valence-corrected chi connectivity index (χ2v) is 8.53. The number of carbonyl (C=O) groups is 4. The van der Waals surface area contributed by atoms with Gasteiger partial charge in [-0.25, -0.2) is 4.79 Å². The lowest BCUT2D eigenvalue weighted by atomic mass is 9.73. The number of imide groups is 1. The van der Waals surface area contributed by atoms with Crippen LogP contribution < -0.4 is 15.5 Å². The first-order valence-corrected chi connectivity index (χ1v) is 10.7. The number of benzene rings is 1. The van der Waals surface area contributed by atoms with E-state index >= 15 is 0 Å². The van der Waals surface area contributed by atoms with Crippen molar-refractivity contribution in [3.63, 3.8) is 0 Å². The Morgan fingerprint density at radius 1 is 1.17 bits per heavy atom. The third-order valence-corrected chi connectivity index (χ3v) is 6.61. The highest BCUT2D eigenvalue weighted by molar-refractivity contribution is 6.09. The third-order valence-electron chi connectivity index (χ3n) is 6.61. The van der Waals surface area contributed by atoms with Crippen LogP contribution >= 0.6 is 0 Å². The highest BCUT2D eigenvalue weighted by Gasteiger charge is 2.55. The van der Waals surface area contributed by atoms with Crippen molar-refractivity contribution in [1.29, 1.82) is 0 Å². The van der Waals surface area contributed by atoms with E-state index < -0.39 is 11.6 Å². The Hall–Kier alpha value is -2.90. The molecule has 2 N–H and O–H groups in total. The second kappa shape index (κ2) is 8.08. The van der Waals surface area contributed by atoms with Gasteiger partial charge in [0, 0.05) is 25.2 Å². The van der Waals surface area contributed by atoms with E-state index in [1.54, 1.807) is 4.90 Å². The van der Waals surface area contributed by atoms with Crippen LogP contribution in [0.3, 0.4) is 0 Å². The lowest BCUT2D eigenvalue weighted by Gasteiger charge is -2.36. The molecule has 2 atom stereocenters. The van der Waals surface area contributed by atoms with Gasteiger partial charge in [0.15, 0.2) is 0 Å². The summed E-state index contributed by atoms with van der Waals surface area (Å²) in [4.78, 5) is 52.4. The molecule has 160 valence electrons. The van der Waals surface area contributed by atoms with Crippen LogP contribution in [0.1, 0.15) is 51.0 Å². The van der Waals surface area contributed by atoms with E-state index in [1.807, 2.05) is 31.2 Å². The number of hydrogen-bond donors (Lipinski definition) is 2. The van der Waals surface area contributed by atoms with E-state index in [0.29, 0.717) is 12.8 Å². The highest BCUT2D eigenvalue weighted by Crippen LogP contribution is 2.38. The summed E-state index contributed by atoms with van der Waals surface area (Å²) < 4.78 is 0. The summed E-state index contributed by atoms with van der Waals surface area (Å²) in [6.45, 7) is 2.74. The lowest BCUT2D eigenvalue weighted by Crippen LogP contribution is -2.54.